The highest BCUT2D eigenvalue weighted by Crippen LogP contribution is 2.27. The Labute approximate surface area is 170 Å². The first-order valence-electron chi connectivity index (χ1n) is 8.89. The lowest BCUT2D eigenvalue weighted by Crippen LogP contribution is -2.21. The van der Waals surface area contributed by atoms with Gasteiger partial charge < -0.3 is 4.74 Å². The van der Waals surface area contributed by atoms with Crippen LogP contribution < -0.4 is 5.43 Å². The molecule has 0 saturated carbocycles. The number of halogens is 5. The van der Waals surface area contributed by atoms with Gasteiger partial charge in [-0.25, -0.2) is 31.7 Å². The van der Waals surface area contributed by atoms with Crippen LogP contribution in [0.5, 0.6) is 0 Å². The summed E-state index contributed by atoms with van der Waals surface area (Å²) < 4.78 is 75.3. The lowest BCUT2D eigenvalue weighted by molar-refractivity contribution is 0.0524. The zero-order valence-corrected chi connectivity index (χ0v) is 15.7. The Morgan fingerprint density at radius 1 is 1.03 bits per heavy atom. The van der Waals surface area contributed by atoms with Crippen molar-refractivity contribution in [3.8, 4) is 5.69 Å². The van der Waals surface area contributed by atoms with Crippen LogP contribution >= 0.6 is 0 Å². The van der Waals surface area contributed by atoms with E-state index in [2.05, 4.69) is 4.98 Å². The number of rotatable bonds is 3. The monoisotopic (exact) mass is 434 g/mol. The van der Waals surface area contributed by atoms with Gasteiger partial charge in [0.2, 0.25) is 5.43 Å². The number of benzene rings is 2. The SMILES string of the molecule is CCOC(=O)c1cn(-c2ccc(F)cc2F)c2nc3c(F)c(F)c(F)cc3cc2c1=O. The molecule has 0 saturated heterocycles. The molecular formula is C21H11F5N2O3. The summed E-state index contributed by atoms with van der Waals surface area (Å²) in [6.45, 7) is 1.44. The number of aromatic nitrogens is 2. The highest BCUT2D eigenvalue weighted by atomic mass is 19.2. The maximum absolute atomic E-state index is 14.5. The summed E-state index contributed by atoms with van der Waals surface area (Å²) in [4.78, 5) is 29.0. The molecule has 0 N–H and O–H groups in total. The van der Waals surface area contributed by atoms with Crippen LogP contribution in [-0.4, -0.2) is 22.1 Å². The van der Waals surface area contributed by atoms with Gasteiger partial charge in [0.1, 0.15) is 28.4 Å². The lowest BCUT2D eigenvalue weighted by atomic mass is 10.1. The molecular weight excluding hydrogens is 423 g/mol. The van der Waals surface area contributed by atoms with Crippen molar-refractivity contribution in [2.45, 2.75) is 6.92 Å². The summed E-state index contributed by atoms with van der Waals surface area (Å²) >= 11 is 0. The Hall–Kier alpha value is -3.82. The summed E-state index contributed by atoms with van der Waals surface area (Å²) in [7, 11) is 0. The number of pyridine rings is 2. The third-order valence-electron chi connectivity index (χ3n) is 4.56. The molecule has 0 fully saturated rings. The number of fused-ring (bicyclic) bond motifs is 2. The van der Waals surface area contributed by atoms with E-state index in [-0.39, 0.29) is 28.7 Å². The van der Waals surface area contributed by atoms with Crippen LogP contribution in [0.4, 0.5) is 22.0 Å². The van der Waals surface area contributed by atoms with Crippen molar-refractivity contribution in [3.05, 3.63) is 81.4 Å². The molecule has 0 aliphatic heterocycles. The van der Waals surface area contributed by atoms with Gasteiger partial charge >= 0.3 is 5.97 Å². The molecule has 31 heavy (non-hydrogen) atoms. The summed E-state index contributed by atoms with van der Waals surface area (Å²) in [5, 5.41) is -0.569. The van der Waals surface area contributed by atoms with Crippen LogP contribution in [0.15, 0.2) is 41.3 Å². The lowest BCUT2D eigenvalue weighted by Gasteiger charge is -2.14. The third kappa shape index (κ3) is 3.29. The quantitative estimate of drug-likeness (QED) is 0.207. The molecule has 2 aromatic carbocycles. The average Bonchev–Trinajstić information content (AvgIpc) is 2.72. The van der Waals surface area contributed by atoms with E-state index in [1.165, 1.54) is 6.92 Å². The van der Waals surface area contributed by atoms with Crippen molar-refractivity contribution in [2.75, 3.05) is 6.61 Å². The van der Waals surface area contributed by atoms with Gasteiger partial charge in [-0.2, -0.15) is 0 Å². The third-order valence-corrected chi connectivity index (χ3v) is 4.56. The van der Waals surface area contributed by atoms with E-state index >= 15 is 0 Å². The van der Waals surface area contributed by atoms with E-state index in [1.54, 1.807) is 0 Å². The van der Waals surface area contributed by atoms with Gasteiger partial charge in [-0.3, -0.25) is 9.36 Å². The van der Waals surface area contributed by atoms with Crippen molar-refractivity contribution in [3.63, 3.8) is 0 Å². The highest BCUT2D eigenvalue weighted by molar-refractivity contribution is 5.97. The maximum Gasteiger partial charge on any atom is 0.343 e. The fraction of sp³-hybridized carbons (Fsp3) is 0.0952. The van der Waals surface area contributed by atoms with Gasteiger partial charge in [-0.05, 0) is 31.2 Å². The molecule has 2 aromatic heterocycles. The van der Waals surface area contributed by atoms with Gasteiger partial charge in [0.15, 0.2) is 17.5 Å². The predicted octanol–water partition coefficient (Wildman–Crippen LogP) is 4.41. The molecule has 10 heteroatoms. The Morgan fingerprint density at radius 3 is 2.45 bits per heavy atom. The molecule has 158 valence electrons. The predicted molar refractivity (Wildman–Crippen MR) is 101 cm³/mol. The van der Waals surface area contributed by atoms with Gasteiger partial charge in [-0.1, -0.05) is 0 Å². The molecule has 0 aliphatic carbocycles. The number of nitrogens with zero attached hydrogens (tertiary/aromatic N) is 2. The molecule has 0 bridgehead atoms. The Bertz CT molecular complexity index is 1450. The second-order valence-corrected chi connectivity index (χ2v) is 6.48. The van der Waals surface area contributed by atoms with Gasteiger partial charge in [0.25, 0.3) is 0 Å². The number of hydrogen-bond donors (Lipinski definition) is 0. The molecule has 0 unspecified atom stereocenters. The van der Waals surface area contributed by atoms with E-state index < -0.39 is 51.6 Å². The van der Waals surface area contributed by atoms with Gasteiger partial charge in [0.05, 0.1) is 17.7 Å². The van der Waals surface area contributed by atoms with Crippen LogP contribution in [0.3, 0.4) is 0 Å². The van der Waals surface area contributed by atoms with Crippen molar-refractivity contribution >= 4 is 27.9 Å². The second-order valence-electron chi connectivity index (χ2n) is 6.48. The van der Waals surface area contributed by atoms with Gasteiger partial charge in [-0.15, -0.1) is 0 Å². The minimum atomic E-state index is -1.77. The summed E-state index contributed by atoms with van der Waals surface area (Å²) in [5.41, 5.74) is -2.72. The number of esters is 1. The zero-order valence-electron chi connectivity index (χ0n) is 15.7. The molecule has 4 aromatic rings. The summed E-state index contributed by atoms with van der Waals surface area (Å²) in [6.07, 6.45) is 0.912. The highest BCUT2D eigenvalue weighted by Gasteiger charge is 2.22. The Kier molecular flexibility index (Phi) is 4.92. The van der Waals surface area contributed by atoms with E-state index in [9.17, 15) is 31.5 Å². The van der Waals surface area contributed by atoms with Crippen LogP contribution in [0, 0.1) is 29.1 Å². The van der Waals surface area contributed by atoms with Crippen LogP contribution in [-0.2, 0) is 4.74 Å². The second kappa shape index (κ2) is 7.46. The molecule has 0 atom stereocenters. The van der Waals surface area contributed by atoms with E-state index in [1.807, 2.05) is 0 Å². The van der Waals surface area contributed by atoms with Crippen LogP contribution in [0.25, 0.3) is 27.6 Å². The molecule has 0 aliphatic rings. The summed E-state index contributed by atoms with van der Waals surface area (Å²) in [5.74, 6) is -7.87. The molecule has 0 spiro atoms. The molecule has 0 radical (unpaired) electrons. The van der Waals surface area contributed by atoms with Crippen molar-refractivity contribution in [1.29, 1.82) is 0 Å². The Morgan fingerprint density at radius 2 is 1.77 bits per heavy atom. The van der Waals surface area contributed by atoms with E-state index in [4.69, 9.17) is 4.74 Å². The van der Waals surface area contributed by atoms with Crippen molar-refractivity contribution < 1.29 is 31.5 Å². The number of carbonyl (C=O) groups excluding carboxylic acids is 1. The zero-order chi connectivity index (χ0) is 22.4. The fourth-order valence-electron chi connectivity index (χ4n) is 3.17. The average molecular weight is 434 g/mol. The molecule has 0 amide bonds. The largest absolute Gasteiger partial charge is 0.462 e. The molecule has 2 heterocycles. The minimum absolute atomic E-state index is 0.0626. The van der Waals surface area contributed by atoms with E-state index in [0.717, 1.165) is 29.0 Å². The number of carbonyl (C=O) groups is 1. The van der Waals surface area contributed by atoms with Gasteiger partial charge in [0, 0.05) is 17.6 Å². The van der Waals surface area contributed by atoms with Crippen LogP contribution in [0.1, 0.15) is 17.3 Å². The van der Waals surface area contributed by atoms with Crippen molar-refractivity contribution in [2.24, 2.45) is 0 Å². The Balaban J connectivity index is 2.18. The number of hydrogen-bond acceptors (Lipinski definition) is 4. The first kappa shape index (κ1) is 20.5. The number of ether oxygens (including phenoxy) is 1. The smallest absolute Gasteiger partial charge is 0.343 e. The maximum atomic E-state index is 14.5. The topological polar surface area (TPSA) is 61.2 Å². The summed E-state index contributed by atoms with van der Waals surface area (Å²) in [6, 6.07) is 4.13. The van der Waals surface area contributed by atoms with Crippen molar-refractivity contribution in [1.82, 2.24) is 9.55 Å². The molecule has 4 rings (SSSR count). The standard InChI is InChI=1S/C21H11F5N2O3/c1-2-31-21(30)12-8-28(15-4-3-10(22)7-13(15)23)20-11(19(12)29)5-9-6-14(24)16(25)17(26)18(9)27-20/h3-8H,2H2,1H3. The van der Waals surface area contributed by atoms with Crippen LogP contribution in [0.2, 0.25) is 0 Å². The fourth-order valence-corrected chi connectivity index (χ4v) is 3.17. The normalized spacial score (nSPS) is 11.3. The minimum Gasteiger partial charge on any atom is -0.462 e. The molecule has 5 nitrogen and oxygen atoms in total. The van der Waals surface area contributed by atoms with E-state index in [0.29, 0.717) is 12.1 Å². The first-order chi connectivity index (χ1) is 14.7. The first-order valence-corrected chi connectivity index (χ1v) is 8.89.